The molecule has 16 heavy (non-hydrogen) atoms. The van der Waals surface area contributed by atoms with Gasteiger partial charge in [0.15, 0.2) is 0 Å². The first kappa shape index (κ1) is 11.1. The van der Waals surface area contributed by atoms with Crippen molar-refractivity contribution in [3.63, 3.8) is 0 Å². The van der Waals surface area contributed by atoms with Crippen LogP contribution in [0.3, 0.4) is 0 Å². The summed E-state index contributed by atoms with van der Waals surface area (Å²) < 4.78 is 0.256. The summed E-state index contributed by atoms with van der Waals surface area (Å²) >= 11 is 2.65. The van der Waals surface area contributed by atoms with Crippen molar-refractivity contribution in [1.82, 2.24) is 0 Å². The predicted molar refractivity (Wildman–Crippen MR) is 67.5 cm³/mol. The van der Waals surface area contributed by atoms with Crippen molar-refractivity contribution in [1.29, 1.82) is 0 Å². The van der Waals surface area contributed by atoms with E-state index in [9.17, 15) is 5.11 Å². The Morgan fingerprint density at radius 1 is 0.938 bits per heavy atom. The van der Waals surface area contributed by atoms with Crippen LogP contribution in [-0.4, -0.2) is 25.3 Å². The van der Waals surface area contributed by atoms with Crippen LogP contribution in [0, 0.1) is 0 Å². The number of aliphatic hydroxyl groups is 1. The fourth-order valence-corrected chi connectivity index (χ4v) is 2.12. The van der Waals surface area contributed by atoms with Crippen molar-refractivity contribution in [2.75, 3.05) is 0 Å². The molecule has 0 aromatic heterocycles. The van der Waals surface area contributed by atoms with Crippen LogP contribution in [0.1, 0.15) is 16.7 Å². The Hall–Kier alpha value is -1.37. The normalized spacial score (nSPS) is 10.0. The molecule has 0 saturated carbocycles. The molecular formula is C14H12OSe. The molecular weight excluding hydrogens is 263 g/mol. The van der Waals surface area contributed by atoms with E-state index >= 15 is 0 Å². The minimum atomic E-state index is 0.256. The van der Waals surface area contributed by atoms with E-state index in [1.807, 2.05) is 42.5 Å². The van der Waals surface area contributed by atoms with Crippen LogP contribution in [0.5, 0.6) is 0 Å². The molecule has 0 saturated heterocycles. The van der Waals surface area contributed by atoms with E-state index in [-0.39, 0.29) is 4.60 Å². The second-order valence-corrected chi connectivity index (χ2v) is 4.44. The van der Waals surface area contributed by atoms with Crippen molar-refractivity contribution in [3.8, 4) is 0 Å². The first-order valence-electron chi connectivity index (χ1n) is 5.12. The molecule has 0 aliphatic carbocycles. The van der Waals surface area contributed by atoms with Gasteiger partial charge in [0.1, 0.15) is 0 Å². The van der Waals surface area contributed by atoms with Gasteiger partial charge in [0.05, 0.1) is 0 Å². The average molecular weight is 275 g/mol. The Morgan fingerprint density at radius 2 is 1.56 bits per heavy atom. The maximum absolute atomic E-state index is 9.54. The van der Waals surface area contributed by atoms with E-state index in [1.54, 1.807) is 0 Å². The van der Waals surface area contributed by atoms with Gasteiger partial charge in [-0.25, -0.2) is 0 Å². The number of rotatable bonds is 3. The molecule has 0 amide bonds. The van der Waals surface area contributed by atoms with Gasteiger partial charge in [-0.15, -0.1) is 0 Å². The third-order valence-electron chi connectivity index (χ3n) is 2.49. The summed E-state index contributed by atoms with van der Waals surface area (Å²) in [5.41, 5.74) is 3.26. The van der Waals surface area contributed by atoms with Crippen LogP contribution >= 0.6 is 0 Å². The molecule has 1 N–H and O–H groups in total. The molecule has 0 radical (unpaired) electrons. The van der Waals surface area contributed by atoms with Crippen LogP contribution in [0.25, 0.3) is 0 Å². The second kappa shape index (κ2) is 5.11. The number of benzene rings is 2. The molecule has 0 fully saturated rings. The first-order chi connectivity index (χ1) is 7.77. The quantitative estimate of drug-likeness (QED) is 0.852. The minimum absolute atomic E-state index is 0.256. The van der Waals surface area contributed by atoms with Crippen LogP contribution in [0.15, 0.2) is 54.6 Å². The van der Waals surface area contributed by atoms with E-state index in [2.05, 4.69) is 27.7 Å². The molecule has 0 aliphatic rings. The first-order valence-corrected chi connectivity index (χ1v) is 5.98. The molecule has 2 rings (SSSR count). The van der Waals surface area contributed by atoms with Gasteiger partial charge in [-0.1, -0.05) is 0 Å². The number of hydrogen-bond acceptors (Lipinski definition) is 1. The number of hydrogen-bond donors (Lipinski definition) is 1. The predicted octanol–water partition coefficient (Wildman–Crippen LogP) is 2.30. The molecule has 0 atom stereocenters. The molecule has 1 nitrogen and oxygen atoms in total. The van der Waals surface area contributed by atoms with Crippen molar-refractivity contribution in [2.45, 2.75) is 6.42 Å². The Labute approximate surface area is 103 Å². The standard InChI is InChI=1S/C14H12OSe/c15-14(16)13-9-5-4-8-12(13)10-11-6-2-1-3-7-11/h1-9H,10H2,(H,15,16). The molecule has 0 bridgehead atoms. The molecule has 0 spiro atoms. The maximum atomic E-state index is 9.54. The molecule has 2 aromatic carbocycles. The van der Waals surface area contributed by atoms with Gasteiger partial charge in [0, 0.05) is 0 Å². The van der Waals surface area contributed by atoms with Gasteiger partial charge in [0.2, 0.25) is 0 Å². The fourth-order valence-electron chi connectivity index (χ4n) is 1.70. The topological polar surface area (TPSA) is 20.2 Å². The van der Waals surface area contributed by atoms with E-state index in [0.717, 1.165) is 17.5 Å². The molecule has 0 unspecified atom stereocenters. The van der Waals surface area contributed by atoms with Gasteiger partial charge < -0.3 is 0 Å². The molecule has 0 aliphatic heterocycles. The molecule has 80 valence electrons. The van der Waals surface area contributed by atoms with Gasteiger partial charge in [-0.2, -0.15) is 0 Å². The second-order valence-electron chi connectivity index (χ2n) is 3.62. The molecule has 2 heteroatoms. The van der Waals surface area contributed by atoms with E-state index in [1.165, 1.54) is 5.56 Å². The summed E-state index contributed by atoms with van der Waals surface area (Å²) in [5, 5.41) is 9.54. The van der Waals surface area contributed by atoms with Crippen LogP contribution in [-0.2, 0) is 6.42 Å². The van der Waals surface area contributed by atoms with Gasteiger partial charge in [-0.05, 0) is 0 Å². The Kier molecular flexibility index (Phi) is 3.55. The summed E-state index contributed by atoms with van der Waals surface area (Å²) in [7, 11) is 0. The van der Waals surface area contributed by atoms with Gasteiger partial charge in [-0.3, -0.25) is 0 Å². The summed E-state index contributed by atoms with van der Waals surface area (Å²) in [6.07, 6.45) is 0.836. The third kappa shape index (κ3) is 2.60. The Bertz CT molecular complexity index is 491. The van der Waals surface area contributed by atoms with Crippen LogP contribution in [0.4, 0.5) is 0 Å². The summed E-state index contributed by atoms with van der Waals surface area (Å²) in [4.78, 5) is 0. The van der Waals surface area contributed by atoms with E-state index in [4.69, 9.17) is 0 Å². The SMILES string of the molecule is OC(=[Se])c1ccccc1Cc1ccccc1. The zero-order valence-electron chi connectivity index (χ0n) is 8.76. The van der Waals surface area contributed by atoms with Crippen molar-refractivity contribution in [3.05, 3.63) is 71.3 Å². The average Bonchev–Trinajstić information content (AvgIpc) is 2.31. The summed E-state index contributed by atoms with van der Waals surface area (Å²) in [5.74, 6) is 0. The van der Waals surface area contributed by atoms with Crippen molar-refractivity contribution < 1.29 is 5.11 Å². The van der Waals surface area contributed by atoms with Crippen molar-refractivity contribution >= 4 is 20.2 Å². The number of aliphatic hydroxyl groups excluding tert-OH is 1. The third-order valence-corrected chi connectivity index (χ3v) is 2.95. The van der Waals surface area contributed by atoms with Gasteiger partial charge >= 0.3 is 103 Å². The zero-order chi connectivity index (χ0) is 11.4. The van der Waals surface area contributed by atoms with Crippen LogP contribution in [0.2, 0.25) is 0 Å². The van der Waals surface area contributed by atoms with Gasteiger partial charge in [0.25, 0.3) is 0 Å². The van der Waals surface area contributed by atoms with E-state index < -0.39 is 0 Å². The Balaban J connectivity index is 2.31. The fraction of sp³-hybridized carbons (Fsp3) is 0.0714. The zero-order valence-corrected chi connectivity index (χ0v) is 10.5. The summed E-state index contributed by atoms with van der Waals surface area (Å²) in [6.45, 7) is 0. The van der Waals surface area contributed by atoms with Crippen LogP contribution < -0.4 is 0 Å². The van der Waals surface area contributed by atoms with E-state index in [0.29, 0.717) is 0 Å². The summed E-state index contributed by atoms with van der Waals surface area (Å²) in [6, 6.07) is 18.1. The Morgan fingerprint density at radius 3 is 2.25 bits per heavy atom. The molecule has 2 aromatic rings. The molecule has 0 heterocycles. The monoisotopic (exact) mass is 276 g/mol. The van der Waals surface area contributed by atoms with Crippen molar-refractivity contribution in [2.24, 2.45) is 0 Å².